The first-order valence-corrected chi connectivity index (χ1v) is 10.6. The Morgan fingerprint density at radius 1 is 1.13 bits per heavy atom. The molecule has 10 nitrogen and oxygen atoms in total. The molecular weight excluding hydrogens is 410 g/mol. The van der Waals surface area contributed by atoms with Crippen LogP contribution in [0.25, 0.3) is 0 Å². The van der Waals surface area contributed by atoms with Crippen LogP contribution in [0.5, 0.6) is 17.2 Å². The van der Waals surface area contributed by atoms with Gasteiger partial charge < -0.3 is 29.2 Å². The summed E-state index contributed by atoms with van der Waals surface area (Å²) >= 11 is 1.34. The number of benzene rings is 1. The van der Waals surface area contributed by atoms with Crippen molar-refractivity contribution >= 4 is 29.3 Å². The van der Waals surface area contributed by atoms with E-state index in [0.29, 0.717) is 41.3 Å². The van der Waals surface area contributed by atoms with E-state index in [-0.39, 0.29) is 11.7 Å². The number of aromatic nitrogens is 3. The fourth-order valence-corrected chi connectivity index (χ4v) is 3.94. The summed E-state index contributed by atoms with van der Waals surface area (Å²) in [5.74, 6) is 2.25. The first-order valence-electron chi connectivity index (χ1n) is 9.59. The number of amides is 1. The summed E-state index contributed by atoms with van der Waals surface area (Å²) in [6.45, 7) is 5.67. The predicted molar refractivity (Wildman–Crippen MR) is 114 cm³/mol. The van der Waals surface area contributed by atoms with E-state index < -0.39 is 0 Å². The number of rotatable bonds is 9. The van der Waals surface area contributed by atoms with Crippen molar-refractivity contribution in [2.45, 2.75) is 18.6 Å². The number of hydrogen-bond acceptors (Lipinski definition) is 9. The molecule has 1 aromatic carbocycles. The minimum absolute atomic E-state index is 0.173. The Bertz CT molecular complexity index is 844. The van der Waals surface area contributed by atoms with Crippen LogP contribution < -0.4 is 24.4 Å². The van der Waals surface area contributed by atoms with Gasteiger partial charge in [-0.25, -0.2) is 0 Å². The van der Waals surface area contributed by atoms with Crippen molar-refractivity contribution in [3.05, 3.63) is 12.1 Å². The summed E-state index contributed by atoms with van der Waals surface area (Å²) < 4.78 is 23.4. The van der Waals surface area contributed by atoms with Gasteiger partial charge in [0.05, 0.1) is 40.3 Å². The number of nitrogens with zero attached hydrogens (tertiary/aromatic N) is 4. The van der Waals surface area contributed by atoms with Crippen LogP contribution in [-0.4, -0.2) is 74.1 Å². The molecule has 0 unspecified atom stereocenters. The van der Waals surface area contributed by atoms with Crippen molar-refractivity contribution in [1.82, 2.24) is 14.8 Å². The van der Waals surface area contributed by atoms with E-state index in [9.17, 15) is 4.79 Å². The van der Waals surface area contributed by atoms with Crippen molar-refractivity contribution in [3.63, 3.8) is 0 Å². The van der Waals surface area contributed by atoms with Crippen molar-refractivity contribution in [2.75, 3.05) is 63.6 Å². The molecule has 0 aliphatic carbocycles. The molecule has 3 rings (SSSR count). The van der Waals surface area contributed by atoms with E-state index in [1.165, 1.54) is 33.1 Å². The Balaban J connectivity index is 1.66. The second-order valence-electron chi connectivity index (χ2n) is 6.38. The second-order valence-corrected chi connectivity index (χ2v) is 7.32. The van der Waals surface area contributed by atoms with Gasteiger partial charge in [0.15, 0.2) is 16.7 Å². The molecule has 1 fully saturated rings. The number of ether oxygens (including phenoxy) is 4. The fraction of sp³-hybridized carbons (Fsp3) is 0.526. The van der Waals surface area contributed by atoms with E-state index in [4.69, 9.17) is 18.9 Å². The summed E-state index contributed by atoms with van der Waals surface area (Å²) in [4.78, 5) is 14.7. The third-order valence-corrected chi connectivity index (χ3v) is 5.56. The van der Waals surface area contributed by atoms with Gasteiger partial charge >= 0.3 is 0 Å². The van der Waals surface area contributed by atoms with E-state index >= 15 is 0 Å². The lowest BCUT2D eigenvalue weighted by Crippen LogP contribution is -2.38. The number of morpholine rings is 1. The van der Waals surface area contributed by atoms with Crippen LogP contribution in [0.1, 0.15) is 6.92 Å². The van der Waals surface area contributed by atoms with Crippen LogP contribution in [-0.2, 0) is 16.1 Å². The van der Waals surface area contributed by atoms with E-state index in [1.807, 2.05) is 11.5 Å². The molecule has 0 spiro atoms. The van der Waals surface area contributed by atoms with Crippen molar-refractivity contribution in [1.29, 1.82) is 0 Å². The monoisotopic (exact) mass is 437 g/mol. The summed E-state index contributed by atoms with van der Waals surface area (Å²) in [6, 6.07) is 3.38. The standard InChI is InChI=1S/C19H27N5O5S/c1-5-24-18(23-6-8-29-9-7-23)21-22-19(24)30-12-16(25)20-13-10-14(26-2)17(28-4)15(11-13)27-3/h10-11H,5-9,12H2,1-4H3,(H,20,25). The zero-order valence-electron chi connectivity index (χ0n) is 17.6. The molecule has 0 bridgehead atoms. The maximum atomic E-state index is 12.5. The Labute approximate surface area is 179 Å². The molecular formula is C19H27N5O5S. The van der Waals surface area contributed by atoms with Crippen LogP contribution in [0, 0.1) is 0 Å². The van der Waals surface area contributed by atoms with Crippen LogP contribution in [0.4, 0.5) is 11.6 Å². The fourth-order valence-electron chi connectivity index (χ4n) is 3.14. The van der Waals surface area contributed by atoms with E-state index in [0.717, 1.165) is 25.6 Å². The first-order chi connectivity index (χ1) is 14.6. The molecule has 164 valence electrons. The van der Waals surface area contributed by atoms with Gasteiger partial charge in [-0.3, -0.25) is 9.36 Å². The highest BCUT2D eigenvalue weighted by Gasteiger charge is 2.20. The van der Waals surface area contributed by atoms with Gasteiger partial charge in [-0.2, -0.15) is 0 Å². The molecule has 1 saturated heterocycles. The van der Waals surface area contributed by atoms with Crippen LogP contribution >= 0.6 is 11.8 Å². The van der Waals surface area contributed by atoms with Gasteiger partial charge in [0.2, 0.25) is 17.6 Å². The highest BCUT2D eigenvalue weighted by Crippen LogP contribution is 2.40. The molecule has 0 saturated carbocycles. The average molecular weight is 438 g/mol. The van der Waals surface area contributed by atoms with Gasteiger partial charge in [-0.15, -0.1) is 10.2 Å². The maximum absolute atomic E-state index is 12.5. The second kappa shape index (κ2) is 10.4. The SMILES string of the molecule is CCn1c(SCC(=O)Nc2cc(OC)c(OC)c(OC)c2)nnc1N1CCOCC1. The zero-order valence-corrected chi connectivity index (χ0v) is 18.5. The maximum Gasteiger partial charge on any atom is 0.234 e. The van der Waals surface area contributed by atoms with Crippen LogP contribution in [0.15, 0.2) is 17.3 Å². The van der Waals surface area contributed by atoms with E-state index in [1.54, 1.807) is 12.1 Å². The Morgan fingerprint density at radius 2 is 1.80 bits per heavy atom. The predicted octanol–water partition coefficient (Wildman–Crippen LogP) is 1.89. The van der Waals surface area contributed by atoms with Gasteiger partial charge in [0, 0.05) is 37.5 Å². The van der Waals surface area contributed by atoms with Crippen LogP contribution in [0.3, 0.4) is 0 Å². The topological polar surface area (TPSA) is 100.0 Å². The number of carbonyl (C=O) groups excluding carboxylic acids is 1. The minimum atomic E-state index is -0.173. The average Bonchev–Trinajstić information content (AvgIpc) is 3.20. The highest BCUT2D eigenvalue weighted by molar-refractivity contribution is 7.99. The minimum Gasteiger partial charge on any atom is -0.493 e. The summed E-state index contributed by atoms with van der Waals surface area (Å²) in [6.07, 6.45) is 0. The number of methoxy groups -OCH3 is 3. The molecule has 1 amide bonds. The number of thioether (sulfide) groups is 1. The van der Waals surface area contributed by atoms with Gasteiger partial charge in [0.25, 0.3) is 0 Å². The molecule has 11 heteroatoms. The van der Waals surface area contributed by atoms with Gasteiger partial charge in [-0.1, -0.05) is 11.8 Å². The summed E-state index contributed by atoms with van der Waals surface area (Å²) in [5, 5.41) is 12.2. The normalized spacial score (nSPS) is 13.8. The number of carbonyl (C=O) groups is 1. The zero-order chi connectivity index (χ0) is 21.5. The number of hydrogen-bond donors (Lipinski definition) is 1. The molecule has 1 N–H and O–H groups in total. The van der Waals surface area contributed by atoms with Crippen molar-refractivity contribution in [3.8, 4) is 17.2 Å². The van der Waals surface area contributed by atoms with Gasteiger partial charge in [-0.05, 0) is 6.92 Å². The number of anilines is 2. The molecule has 1 aliphatic rings. The lowest BCUT2D eigenvalue weighted by molar-refractivity contribution is -0.113. The Morgan fingerprint density at radius 3 is 2.37 bits per heavy atom. The molecule has 2 aromatic rings. The van der Waals surface area contributed by atoms with Crippen LogP contribution in [0.2, 0.25) is 0 Å². The Kier molecular flexibility index (Phi) is 7.63. The molecule has 1 aromatic heterocycles. The third kappa shape index (κ3) is 4.90. The molecule has 1 aliphatic heterocycles. The third-order valence-electron chi connectivity index (χ3n) is 4.59. The molecule has 30 heavy (non-hydrogen) atoms. The lowest BCUT2D eigenvalue weighted by Gasteiger charge is -2.27. The summed E-state index contributed by atoms with van der Waals surface area (Å²) in [5.41, 5.74) is 0.557. The molecule has 0 radical (unpaired) electrons. The van der Waals surface area contributed by atoms with Crippen molar-refractivity contribution in [2.24, 2.45) is 0 Å². The lowest BCUT2D eigenvalue weighted by atomic mass is 10.2. The Hall–Kier alpha value is -2.66. The first kappa shape index (κ1) is 22.0. The highest BCUT2D eigenvalue weighted by atomic mass is 32.2. The molecule has 0 atom stereocenters. The quantitative estimate of drug-likeness (QED) is 0.590. The molecule has 2 heterocycles. The largest absolute Gasteiger partial charge is 0.493 e. The van der Waals surface area contributed by atoms with E-state index in [2.05, 4.69) is 20.4 Å². The van der Waals surface area contributed by atoms with Gasteiger partial charge in [0.1, 0.15) is 0 Å². The number of nitrogens with one attached hydrogen (secondary N) is 1. The smallest absolute Gasteiger partial charge is 0.234 e. The van der Waals surface area contributed by atoms with Crippen molar-refractivity contribution < 1.29 is 23.7 Å². The summed E-state index contributed by atoms with van der Waals surface area (Å²) in [7, 11) is 4.59.